The van der Waals surface area contributed by atoms with Gasteiger partial charge in [-0.2, -0.15) is 5.10 Å². The van der Waals surface area contributed by atoms with Gasteiger partial charge in [-0.1, -0.05) is 30.3 Å². The molecule has 1 unspecified atom stereocenters. The number of amides is 1. The number of nitrogens with one attached hydrogen (secondary N) is 2. The third kappa shape index (κ3) is 4.09. The summed E-state index contributed by atoms with van der Waals surface area (Å²) >= 11 is 0. The molecule has 1 aliphatic heterocycles. The molecule has 0 saturated carbocycles. The van der Waals surface area contributed by atoms with E-state index in [4.69, 9.17) is 0 Å². The molecule has 6 nitrogen and oxygen atoms in total. The highest BCUT2D eigenvalue weighted by molar-refractivity contribution is 5.96. The minimum absolute atomic E-state index is 0.0936. The van der Waals surface area contributed by atoms with E-state index in [-0.39, 0.29) is 5.91 Å². The summed E-state index contributed by atoms with van der Waals surface area (Å²) in [6.07, 6.45) is 9.35. The van der Waals surface area contributed by atoms with Gasteiger partial charge in [-0.15, -0.1) is 0 Å². The predicted octanol–water partition coefficient (Wildman–Crippen LogP) is 5.38. The Morgan fingerprint density at radius 2 is 1.67 bits per heavy atom. The van der Waals surface area contributed by atoms with Crippen molar-refractivity contribution < 1.29 is 4.79 Å². The maximum absolute atomic E-state index is 11.9. The van der Waals surface area contributed by atoms with Crippen LogP contribution in [0.3, 0.4) is 0 Å². The van der Waals surface area contributed by atoms with Crippen molar-refractivity contribution in [3.8, 4) is 22.4 Å². The fraction of sp³-hybridized carbons (Fsp3) is 0.367. The summed E-state index contributed by atoms with van der Waals surface area (Å²) in [6, 6.07) is 16.7. The number of benzene rings is 2. The number of carbonyl (C=O) groups is 1. The number of hydrogen-bond donors (Lipinski definition) is 2. The van der Waals surface area contributed by atoms with Gasteiger partial charge in [0.2, 0.25) is 0 Å². The summed E-state index contributed by atoms with van der Waals surface area (Å²) in [7, 11) is 1.64. The van der Waals surface area contributed by atoms with Crippen molar-refractivity contribution in [2.45, 2.75) is 51.0 Å². The van der Waals surface area contributed by atoms with Crippen LogP contribution in [-0.4, -0.2) is 51.7 Å². The summed E-state index contributed by atoms with van der Waals surface area (Å²) in [4.78, 5) is 19.3. The SMILES string of the molecule is CNC(=O)c1ccc(-c2[nH]nc3ncc(-c4ccc5c(c4)CCC(C)(N4CCCC4)CC5)cc23)cc1. The minimum Gasteiger partial charge on any atom is -0.355 e. The molecule has 1 aliphatic carbocycles. The second kappa shape index (κ2) is 9.17. The average molecular weight is 480 g/mol. The van der Waals surface area contributed by atoms with Gasteiger partial charge in [0.1, 0.15) is 0 Å². The van der Waals surface area contributed by atoms with E-state index in [9.17, 15) is 4.79 Å². The number of pyridine rings is 1. The molecule has 1 fully saturated rings. The molecule has 2 N–H and O–H groups in total. The van der Waals surface area contributed by atoms with Gasteiger partial charge in [-0.25, -0.2) is 4.98 Å². The largest absolute Gasteiger partial charge is 0.355 e. The lowest BCUT2D eigenvalue weighted by atomic mass is 9.90. The van der Waals surface area contributed by atoms with Gasteiger partial charge in [-0.05, 0) is 93.4 Å². The Bertz CT molecular complexity index is 1420. The number of carbonyl (C=O) groups excluding carboxylic acids is 1. The van der Waals surface area contributed by atoms with Gasteiger partial charge in [0.15, 0.2) is 5.65 Å². The highest BCUT2D eigenvalue weighted by Gasteiger charge is 2.34. The fourth-order valence-corrected chi connectivity index (χ4v) is 6.00. The van der Waals surface area contributed by atoms with E-state index in [1.165, 1.54) is 55.5 Å². The summed E-state index contributed by atoms with van der Waals surface area (Å²) in [5, 5.41) is 11.2. The molecule has 1 atom stereocenters. The van der Waals surface area contributed by atoms with Crippen molar-refractivity contribution >= 4 is 16.9 Å². The summed E-state index contributed by atoms with van der Waals surface area (Å²) in [5.41, 5.74) is 8.82. The molecule has 1 saturated heterocycles. The fourth-order valence-electron chi connectivity index (χ4n) is 6.00. The first kappa shape index (κ1) is 22.9. The Morgan fingerprint density at radius 1 is 0.944 bits per heavy atom. The molecule has 0 bridgehead atoms. The number of aryl methyl sites for hydroxylation is 2. The summed E-state index contributed by atoms with van der Waals surface area (Å²) in [5.74, 6) is -0.0936. The van der Waals surface area contributed by atoms with Gasteiger partial charge in [0.25, 0.3) is 5.91 Å². The molecular weight excluding hydrogens is 446 g/mol. The van der Waals surface area contributed by atoms with Gasteiger partial charge >= 0.3 is 0 Å². The first-order valence-corrected chi connectivity index (χ1v) is 13.1. The molecule has 2 aliphatic rings. The van der Waals surface area contributed by atoms with E-state index < -0.39 is 0 Å². The number of aromatic nitrogens is 3. The third-order valence-corrected chi connectivity index (χ3v) is 8.35. The number of hydrogen-bond acceptors (Lipinski definition) is 4. The van der Waals surface area contributed by atoms with Crippen LogP contribution in [-0.2, 0) is 12.8 Å². The van der Waals surface area contributed by atoms with Crippen molar-refractivity contribution in [2.24, 2.45) is 0 Å². The maximum Gasteiger partial charge on any atom is 0.251 e. The van der Waals surface area contributed by atoms with E-state index in [1.807, 2.05) is 30.5 Å². The number of likely N-dealkylation sites (tertiary alicyclic amines) is 1. The lowest BCUT2D eigenvalue weighted by Gasteiger charge is -2.38. The van der Waals surface area contributed by atoms with Crippen LogP contribution in [0.4, 0.5) is 0 Å². The molecule has 6 rings (SSSR count). The van der Waals surface area contributed by atoms with Crippen molar-refractivity contribution in [1.29, 1.82) is 0 Å². The summed E-state index contributed by atoms with van der Waals surface area (Å²) < 4.78 is 0. The third-order valence-electron chi connectivity index (χ3n) is 8.35. The van der Waals surface area contributed by atoms with Crippen LogP contribution >= 0.6 is 0 Å². The highest BCUT2D eigenvalue weighted by atomic mass is 16.1. The smallest absolute Gasteiger partial charge is 0.251 e. The number of fused-ring (bicyclic) bond motifs is 2. The van der Waals surface area contributed by atoms with Gasteiger partial charge in [0, 0.05) is 40.9 Å². The number of H-pyrrole nitrogens is 1. The molecule has 2 aromatic heterocycles. The molecule has 0 spiro atoms. The van der Waals surface area contributed by atoms with E-state index in [0.29, 0.717) is 16.7 Å². The zero-order chi connectivity index (χ0) is 24.7. The van der Waals surface area contributed by atoms with E-state index in [0.717, 1.165) is 35.0 Å². The molecule has 6 heteroatoms. The van der Waals surface area contributed by atoms with Crippen LogP contribution in [0.15, 0.2) is 54.7 Å². The van der Waals surface area contributed by atoms with Gasteiger partial charge < -0.3 is 5.32 Å². The topological polar surface area (TPSA) is 73.9 Å². The first-order valence-electron chi connectivity index (χ1n) is 13.1. The van der Waals surface area contributed by atoms with Crippen LogP contribution in [0.1, 0.15) is 54.1 Å². The Balaban J connectivity index is 1.30. The zero-order valence-electron chi connectivity index (χ0n) is 21.1. The van der Waals surface area contributed by atoms with Crippen LogP contribution in [0, 0.1) is 0 Å². The van der Waals surface area contributed by atoms with Gasteiger partial charge in [0.05, 0.1) is 5.69 Å². The second-order valence-electron chi connectivity index (χ2n) is 10.5. The quantitative estimate of drug-likeness (QED) is 0.385. The number of nitrogens with zero attached hydrogens (tertiary/aromatic N) is 3. The molecule has 2 aromatic carbocycles. The zero-order valence-corrected chi connectivity index (χ0v) is 21.1. The normalized spacial score (nSPS) is 20.3. The molecule has 184 valence electrons. The van der Waals surface area contributed by atoms with E-state index in [2.05, 4.69) is 56.6 Å². The van der Waals surface area contributed by atoms with Crippen LogP contribution in [0.5, 0.6) is 0 Å². The number of aromatic amines is 1. The Labute approximate surface area is 212 Å². The number of rotatable bonds is 4. The average Bonchev–Trinajstić information content (AvgIpc) is 3.58. The van der Waals surface area contributed by atoms with E-state index >= 15 is 0 Å². The Morgan fingerprint density at radius 3 is 2.42 bits per heavy atom. The van der Waals surface area contributed by atoms with Crippen molar-refractivity contribution in [1.82, 2.24) is 25.4 Å². The Kier molecular flexibility index (Phi) is 5.84. The molecular formula is C30H33N5O. The molecule has 4 aromatic rings. The van der Waals surface area contributed by atoms with Crippen LogP contribution in [0.2, 0.25) is 0 Å². The van der Waals surface area contributed by atoms with E-state index in [1.54, 1.807) is 7.05 Å². The van der Waals surface area contributed by atoms with Crippen molar-refractivity contribution in [2.75, 3.05) is 20.1 Å². The van der Waals surface area contributed by atoms with Crippen molar-refractivity contribution in [3.05, 3.63) is 71.4 Å². The summed E-state index contributed by atoms with van der Waals surface area (Å²) in [6.45, 7) is 4.99. The Hall–Kier alpha value is -3.51. The molecule has 3 heterocycles. The molecule has 36 heavy (non-hydrogen) atoms. The van der Waals surface area contributed by atoms with Crippen LogP contribution < -0.4 is 5.32 Å². The standard InChI is InChI=1S/C30H33N5O/c1-30(35-15-3-4-16-35)13-11-20-5-10-23(17-24(20)12-14-30)25-18-26-27(33-34-28(26)32-19-25)21-6-8-22(9-7-21)29(36)31-2/h5-10,17-19H,3-4,11-16H2,1-2H3,(H,31,36)(H,32,33,34). The lowest BCUT2D eigenvalue weighted by Crippen LogP contribution is -2.44. The predicted molar refractivity (Wildman–Crippen MR) is 144 cm³/mol. The minimum atomic E-state index is -0.0936. The van der Waals surface area contributed by atoms with Crippen LogP contribution in [0.25, 0.3) is 33.4 Å². The maximum atomic E-state index is 11.9. The molecule has 1 amide bonds. The first-order chi connectivity index (χ1) is 17.5. The lowest BCUT2D eigenvalue weighted by molar-refractivity contribution is 0.0963. The molecule has 0 radical (unpaired) electrons. The monoisotopic (exact) mass is 479 g/mol. The highest BCUT2D eigenvalue weighted by Crippen LogP contribution is 2.36. The van der Waals surface area contributed by atoms with Crippen molar-refractivity contribution in [3.63, 3.8) is 0 Å². The second-order valence-corrected chi connectivity index (χ2v) is 10.5. The van der Waals surface area contributed by atoms with Gasteiger partial charge in [-0.3, -0.25) is 14.8 Å².